The van der Waals surface area contributed by atoms with Gasteiger partial charge in [0.05, 0.1) is 29.7 Å². The van der Waals surface area contributed by atoms with E-state index in [1.54, 1.807) is 12.1 Å². The molecule has 2 amide bonds. The zero-order valence-corrected chi connectivity index (χ0v) is 13.0. The van der Waals surface area contributed by atoms with Gasteiger partial charge in [0.25, 0.3) is 0 Å². The van der Waals surface area contributed by atoms with Crippen LogP contribution < -0.4 is 4.90 Å². The lowest BCUT2D eigenvalue weighted by Crippen LogP contribution is -2.34. The first-order valence-corrected chi connectivity index (χ1v) is 8.25. The van der Waals surface area contributed by atoms with Crippen molar-refractivity contribution in [1.29, 1.82) is 0 Å². The van der Waals surface area contributed by atoms with E-state index in [2.05, 4.69) is 0 Å². The molecule has 3 aliphatic rings. The molecule has 4 nitrogen and oxygen atoms in total. The van der Waals surface area contributed by atoms with Crippen LogP contribution in [-0.2, 0) is 14.3 Å². The molecule has 23 heavy (non-hydrogen) atoms. The number of hydrogen-bond donors (Lipinski definition) is 0. The summed E-state index contributed by atoms with van der Waals surface area (Å²) < 4.78 is 5.78. The van der Waals surface area contributed by atoms with E-state index >= 15 is 0 Å². The molecule has 2 bridgehead atoms. The number of anilines is 1. The summed E-state index contributed by atoms with van der Waals surface area (Å²) in [6, 6.07) is 11.1. The second kappa shape index (κ2) is 4.56. The van der Waals surface area contributed by atoms with Crippen LogP contribution in [0.3, 0.4) is 0 Å². The quantitative estimate of drug-likeness (QED) is 0.756. The topological polar surface area (TPSA) is 46.6 Å². The highest BCUT2D eigenvalue weighted by Crippen LogP contribution is 2.50. The maximum atomic E-state index is 12.9. The van der Waals surface area contributed by atoms with Crippen LogP contribution in [0, 0.1) is 11.8 Å². The van der Waals surface area contributed by atoms with Gasteiger partial charge in [-0.05, 0) is 25.0 Å². The van der Waals surface area contributed by atoms with E-state index in [0.717, 1.165) is 23.6 Å². The molecule has 3 aliphatic heterocycles. The van der Waals surface area contributed by atoms with E-state index in [0.29, 0.717) is 10.7 Å². The SMILES string of the molecule is O=C1C2C3CCC(O3)C2C(=O)N1c1ccc(Cl)c2ccccc12. The van der Waals surface area contributed by atoms with Crippen molar-refractivity contribution in [1.82, 2.24) is 0 Å². The monoisotopic (exact) mass is 327 g/mol. The normalized spacial score (nSPS) is 32.1. The molecule has 3 fully saturated rings. The smallest absolute Gasteiger partial charge is 0.240 e. The summed E-state index contributed by atoms with van der Waals surface area (Å²) in [5, 5.41) is 2.30. The summed E-state index contributed by atoms with van der Waals surface area (Å²) >= 11 is 6.25. The van der Waals surface area contributed by atoms with Gasteiger partial charge in [0.1, 0.15) is 0 Å². The molecule has 4 atom stereocenters. The largest absolute Gasteiger partial charge is 0.373 e. The Bertz CT molecular complexity index is 836. The van der Waals surface area contributed by atoms with E-state index in [9.17, 15) is 9.59 Å². The minimum absolute atomic E-state index is 0.0926. The predicted molar refractivity (Wildman–Crippen MR) is 86.3 cm³/mol. The Balaban J connectivity index is 1.67. The van der Waals surface area contributed by atoms with Gasteiger partial charge in [-0.25, -0.2) is 4.90 Å². The van der Waals surface area contributed by atoms with Gasteiger partial charge < -0.3 is 4.74 Å². The molecule has 0 saturated carbocycles. The van der Waals surface area contributed by atoms with Crippen molar-refractivity contribution in [2.75, 3.05) is 4.90 Å². The van der Waals surface area contributed by atoms with Crippen molar-refractivity contribution >= 4 is 39.9 Å². The van der Waals surface area contributed by atoms with Gasteiger partial charge in [0.2, 0.25) is 11.8 Å². The lowest BCUT2D eigenvalue weighted by molar-refractivity contribution is -0.124. The third kappa shape index (κ3) is 1.65. The molecular weight excluding hydrogens is 314 g/mol. The number of fused-ring (bicyclic) bond motifs is 6. The number of hydrogen-bond acceptors (Lipinski definition) is 3. The molecule has 0 aromatic heterocycles. The molecular formula is C18H14ClNO3. The number of nitrogens with zero attached hydrogens (tertiary/aromatic N) is 1. The molecule has 5 heteroatoms. The highest BCUT2D eigenvalue weighted by molar-refractivity contribution is 6.37. The summed E-state index contributed by atoms with van der Waals surface area (Å²) in [5.74, 6) is -0.870. The van der Waals surface area contributed by atoms with Crippen LogP contribution >= 0.6 is 11.6 Å². The zero-order valence-electron chi connectivity index (χ0n) is 12.2. The van der Waals surface area contributed by atoms with Crippen LogP contribution in [-0.4, -0.2) is 24.0 Å². The maximum Gasteiger partial charge on any atom is 0.240 e. The van der Waals surface area contributed by atoms with E-state index in [1.165, 1.54) is 4.90 Å². The third-order valence-corrected chi connectivity index (χ3v) is 5.70. The van der Waals surface area contributed by atoms with Crippen LogP contribution in [0.5, 0.6) is 0 Å². The summed E-state index contributed by atoms with van der Waals surface area (Å²) in [6.45, 7) is 0. The van der Waals surface area contributed by atoms with Crippen LogP contribution in [0.1, 0.15) is 12.8 Å². The third-order valence-electron chi connectivity index (χ3n) is 5.37. The maximum absolute atomic E-state index is 12.9. The Morgan fingerprint density at radius 1 is 0.913 bits per heavy atom. The van der Waals surface area contributed by atoms with Crippen LogP contribution in [0.2, 0.25) is 5.02 Å². The zero-order chi connectivity index (χ0) is 15.7. The van der Waals surface area contributed by atoms with Gasteiger partial charge in [-0.3, -0.25) is 9.59 Å². The molecule has 4 unspecified atom stereocenters. The lowest BCUT2D eigenvalue weighted by Gasteiger charge is -2.19. The Labute approximate surface area is 138 Å². The number of imide groups is 1. The number of halogens is 1. The average Bonchev–Trinajstić information content (AvgIpc) is 3.24. The van der Waals surface area contributed by atoms with Crippen molar-refractivity contribution in [3.8, 4) is 0 Å². The molecule has 3 heterocycles. The predicted octanol–water partition coefficient (Wildman–Crippen LogP) is 3.16. The number of rotatable bonds is 1. The van der Waals surface area contributed by atoms with Crippen molar-refractivity contribution in [2.45, 2.75) is 25.0 Å². The standard InChI is InChI=1S/C18H14ClNO3/c19-11-5-6-12(10-4-2-1-3-9(10)11)20-17(21)15-13-7-8-14(23-13)16(15)18(20)22/h1-6,13-16H,7-8H2. The summed E-state index contributed by atoms with van der Waals surface area (Å²) in [6.07, 6.45) is 1.56. The van der Waals surface area contributed by atoms with E-state index < -0.39 is 0 Å². The lowest BCUT2D eigenvalue weighted by atomic mass is 9.81. The molecule has 116 valence electrons. The van der Waals surface area contributed by atoms with Gasteiger partial charge in [-0.1, -0.05) is 35.9 Å². The molecule has 2 aromatic rings. The average molecular weight is 328 g/mol. The van der Waals surface area contributed by atoms with Crippen molar-refractivity contribution < 1.29 is 14.3 Å². The molecule has 0 N–H and O–H groups in total. The molecule has 2 aromatic carbocycles. The first kappa shape index (κ1) is 13.5. The first-order chi connectivity index (χ1) is 11.2. The molecule has 5 rings (SSSR count). The fraction of sp³-hybridized carbons (Fsp3) is 0.333. The van der Waals surface area contributed by atoms with E-state index in [4.69, 9.17) is 16.3 Å². The number of carbonyl (C=O) groups is 2. The number of ether oxygens (including phenoxy) is 1. The summed E-state index contributed by atoms with van der Waals surface area (Å²) in [7, 11) is 0. The Hall–Kier alpha value is -1.91. The molecule has 0 spiro atoms. The van der Waals surface area contributed by atoms with Gasteiger partial charge in [0, 0.05) is 15.8 Å². The molecule has 3 saturated heterocycles. The van der Waals surface area contributed by atoms with Gasteiger partial charge >= 0.3 is 0 Å². The second-order valence-corrected chi connectivity index (χ2v) is 6.87. The van der Waals surface area contributed by atoms with Crippen LogP contribution in [0.25, 0.3) is 10.8 Å². The Morgan fingerprint density at radius 3 is 2.17 bits per heavy atom. The summed E-state index contributed by atoms with van der Waals surface area (Å²) in [4.78, 5) is 27.2. The van der Waals surface area contributed by atoms with E-state index in [-0.39, 0.29) is 35.9 Å². The second-order valence-electron chi connectivity index (χ2n) is 6.47. The fourth-order valence-corrected chi connectivity index (χ4v) is 4.62. The van der Waals surface area contributed by atoms with Crippen molar-refractivity contribution in [2.24, 2.45) is 11.8 Å². The fourth-order valence-electron chi connectivity index (χ4n) is 4.39. The highest BCUT2D eigenvalue weighted by Gasteiger charge is 2.62. The number of amides is 2. The molecule has 0 radical (unpaired) electrons. The van der Waals surface area contributed by atoms with Gasteiger partial charge in [-0.15, -0.1) is 0 Å². The minimum atomic E-state index is -0.310. The summed E-state index contributed by atoms with van der Waals surface area (Å²) in [5.41, 5.74) is 0.633. The van der Waals surface area contributed by atoms with Crippen LogP contribution in [0.15, 0.2) is 36.4 Å². The minimum Gasteiger partial charge on any atom is -0.373 e. The van der Waals surface area contributed by atoms with Crippen molar-refractivity contribution in [3.05, 3.63) is 41.4 Å². The van der Waals surface area contributed by atoms with E-state index in [1.807, 2.05) is 24.3 Å². The van der Waals surface area contributed by atoms with Crippen molar-refractivity contribution in [3.63, 3.8) is 0 Å². The number of benzene rings is 2. The van der Waals surface area contributed by atoms with Gasteiger partial charge in [0.15, 0.2) is 0 Å². The first-order valence-electron chi connectivity index (χ1n) is 7.87. The number of carbonyl (C=O) groups excluding carboxylic acids is 2. The van der Waals surface area contributed by atoms with Crippen LogP contribution in [0.4, 0.5) is 5.69 Å². The molecule has 0 aliphatic carbocycles. The Kier molecular flexibility index (Phi) is 2.68. The Morgan fingerprint density at radius 2 is 1.52 bits per heavy atom. The van der Waals surface area contributed by atoms with Gasteiger partial charge in [-0.2, -0.15) is 0 Å². The highest BCUT2D eigenvalue weighted by atomic mass is 35.5.